The van der Waals surface area contributed by atoms with Crippen LogP contribution in [0.1, 0.15) is 31.2 Å². The molecule has 1 heterocycles. The third-order valence-corrected chi connectivity index (χ3v) is 6.44. The summed E-state index contributed by atoms with van der Waals surface area (Å²) >= 11 is 7.64. The third kappa shape index (κ3) is 5.22. The predicted molar refractivity (Wildman–Crippen MR) is 131 cm³/mol. The van der Waals surface area contributed by atoms with Crippen molar-refractivity contribution in [3.8, 4) is 11.5 Å². The van der Waals surface area contributed by atoms with Gasteiger partial charge < -0.3 is 9.47 Å². The molecule has 0 unspecified atom stereocenters. The van der Waals surface area contributed by atoms with Gasteiger partial charge in [0.1, 0.15) is 16.4 Å². The van der Waals surface area contributed by atoms with Crippen molar-refractivity contribution < 1.29 is 19.1 Å². The lowest BCUT2D eigenvalue weighted by molar-refractivity contribution is 0.0739. The highest BCUT2D eigenvalue weighted by Crippen LogP contribution is 2.37. The molecule has 4 aromatic rings. The molecule has 1 aromatic heterocycles. The lowest BCUT2D eigenvalue weighted by atomic mass is 10.1. The topological polar surface area (TPSA) is 77.0 Å². The Morgan fingerprint density at radius 3 is 2.39 bits per heavy atom. The summed E-state index contributed by atoms with van der Waals surface area (Å²) in [7, 11) is 1.58. The SMILES string of the molecule is COc1ccc2c(Cl)c(C(=O)Oc3ccc(/C=N\NC(=O)c4ccc(C)cc4)cc3)sc2c1. The zero-order valence-electron chi connectivity index (χ0n) is 17.8. The molecule has 0 bridgehead atoms. The molecule has 166 valence electrons. The van der Waals surface area contributed by atoms with Gasteiger partial charge in [0.15, 0.2) is 0 Å². The van der Waals surface area contributed by atoms with E-state index in [2.05, 4.69) is 10.5 Å². The lowest BCUT2D eigenvalue weighted by Crippen LogP contribution is -2.17. The Morgan fingerprint density at radius 2 is 1.70 bits per heavy atom. The minimum atomic E-state index is -0.535. The van der Waals surface area contributed by atoms with Gasteiger partial charge in [-0.1, -0.05) is 29.3 Å². The van der Waals surface area contributed by atoms with E-state index in [1.54, 1.807) is 49.6 Å². The van der Waals surface area contributed by atoms with E-state index in [0.717, 1.165) is 21.2 Å². The van der Waals surface area contributed by atoms with Gasteiger partial charge in [-0.05, 0) is 67.1 Å². The van der Waals surface area contributed by atoms with Crippen molar-refractivity contribution in [3.05, 3.63) is 93.3 Å². The number of carbonyl (C=O) groups excluding carboxylic acids is 2. The molecular formula is C25H19ClN2O4S. The highest BCUT2D eigenvalue weighted by molar-refractivity contribution is 7.21. The van der Waals surface area contributed by atoms with Gasteiger partial charge in [-0.25, -0.2) is 10.2 Å². The van der Waals surface area contributed by atoms with E-state index in [4.69, 9.17) is 21.1 Å². The zero-order valence-corrected chi connectivity index (χ0v) is 19.4. The average molecular weight is 479 g/mol. The van der Waals surface area contributed by atoms with Crippen LogP contribution < -0.4 is 14.9 Å². The maximum Gasteiger partial charge on any atom is 0.355 e. The summed E-state index contributed by atoms with van der Waals surface area (Å²) in [5, 5.41) is 5.10. The van der Waals surface area contributed by atoms with E-state index in [1.165, 1.54) is 17.6 Å². The number of amides is 1. The number of nitrogens with one attached hydrogen (secondary N) is 1. The van der Waals surface area contributed by atoms with Crippen LogP contribution in [0.4, 0.5) is 0 Å². The molecule has 8 heteroatoms. The molecule has 0 spiro atoms. The Labute approximate surface area is 199 Å². The zero-order chi connectivity index (χ0) is 23.4. The van der Waals surface area contributed by atoms with Gasteiger partial charge in [0, 0.05) is 15.6 Å². The normalized spacial score (nSPS) is 11.0. The molecule has 0 saturated heterocycles. The summed E-state index contributed by atoms with van der Waals surface area (Å²) in [6, 6.07) is 19.4. The quantitative estimate of drug-likeness (QED) is 0.163. The van der Waals surface area contributed by atoms with Crippen molar-refractivity contribution in [1.29, 1.82) is 0 Å². The maximum absolute atomic E-state index is 12.6. The molecule has 0 fully saturated rings. The number of aryl methyl sites for hydroxylation is 1. The van der Waals surface area contributed by atoms with Crippen molar-refractivity contribution in [1.82, 2.24) is 5.43 Å². The Hall–Kier alpha value is -3.68. The Balaban J connectivity index is 1.39. The molecule has 0 aliphatic rings. The van der Waals surface area contributed by atoms with Crippen LogP contribution in [-0.4, -0.2) is 25.2 Å². The summed E-state index contributed by atoms with van der Waals surface area (Å²) < 4.78 is 11.5. The van der Waals surface area contributed by atoms with Gasteiger partial charge in [-0.15, -0.1) is 11.3 Å². The van der Waals surface area contributed by atoms with Crippen LogP contribution in [-0.2, 0) is 0 Å². The molecule has 33 heavy (non-hydrogen) atoms. The number of esters is 1. The van der Waals surface area contributed by atoms with E-state index in [0.29, 0.717) is 27.0 Å². The monoisotopic (exact) mass is 478 g/mol. The van der Waals surface area contributed by atoms with Crippen LogP contribution in [0.15, 0.2) is 71.8 Å². The van der Waals surface area contributed by atoms with Gasteiger partial charge in [0.25, 0.3) is 5.91 Å². The molecule has 3 aromatic carbocycles. The molecule has 0 atom stereocenters. The Bertz CT molecular complexity index is 1350. The van der Waals surface area contributed by atoms with Crippen LogP contribution in [0.5, 0.6) is 11.5 Å². The molecule has 1 amide bonds. The van der Waals surface area contributed by atoms with E-state index >= 15 is 0 Å². The molecule has 0 saturated carbocycles. The Morgan fingerprint density at radius 1 is 1.00 bits per heavy atom. The van der Waals surface area contributed by atoms with Gasteiger partial charge in [0.2, 0.25) is 0 Å². The summed E-state index contributed by atoms with van der Waals surface area (Å²) in [4.78, 5) is 25.1. The van der Waals surface area contributed by atoms with Crippen molar-refractivity contribution in [2.24, 2.45) is 5.10 Å². The second kappa shape index (κ2) is 9.85. The molecule has 1 N–H and O–H groups in total. The van der Waals surface area contributed by atoms with Crippen LogP contribution >= 0.6 is 22.9 Å². The van der Waals surface area contributed by atoms with E-state index < -0.39 is 5.97 Å². The lowest BCUT2D eigenvalue weighted by Gasteiger charge is -2.04. The first-order chi connectivity index (χ1) is 15.9. The van der Waals surface area contributed by atoms with Gasteiger partial charge in [0.05, 0.1) is 18.3 Å². The molecule has 4 rings (SSSR count). The van der Waals surface area contributed by atoms with E-state index in [-0.39, 0.29) is 5.91 Å². The predicted octanol–water partition coefficient (Wildman–Crippen LogP) is 5.85. The minimum Gasteiger partial charge on any atom is -0.497 e. The fourth-order valence-corrected chi connectivity index (χ4v) is 4.43. The number of carbonyl (C=O) groups is 2. The summed E-state index contributed by atoms with van der Waals surface area (Å²) in [6.07, 6.45) is 1.51. The number of fused-ring (bicyclic) bond motifs is 1. The van der Waals surface area contributed by atoms with Crippen LogP contribution in [0.2, 0.25) is 5.02 Å². The van der Waals surface area contributed by atoms with Crippen LogP contribution in [0.3, 0.4) is 0 Å². The largest absolute Gasteiger partial charge is 0.497 e. The standard InChI is InChI=1S/C25H19ClN2O4S/c1-15-3-7-17(8-4-15)24(29)28-27-14-16-5-9-18(10-6-16)32-25(30)23-22(26)20-12-11-19(31-2)13-21(20)33-23/h3-14H,1-2H3,(H,28,29)/b27-14-. The van der Waals surface area contributed by atoms with Crippen molar-refractivity contribution in [3.63, 3.8) is 0 Å². The molecule has 6 nitrogen and oxygen atoms in total. The maximum atomic E-state index is 12.6. The number of benzene rings is 3. The van der Waals surface area contributed by atoms with Crippen LogP contribution in [0, 0.1) is 6.92 Å². The second-order valence-corrected chi connectivity index (χ2v) is 8.56. The Kier molecular flexibility index (Phi) is 6.72. The number of halogens is 1. The number of methoxy groups -OCH3 is 1. The minimum absolute atomic E-state index is 0.297. The number of hydrazone groups is 1. The number of hydrogen-bond donors (Lipinski definition) is 1. The number of rotatable bonds is 6. The average Bonchev–Trinajstić information content (AvgIpc) is 3.16. The van der Waals surface area contributed by atoms with E-state index in [1.807, 2.05) is 31.2 Å². The summed E-state index contributed by atoms with van der Waals surface area (Å²) in [5.74, 6) is 0.223. The molecule has 0 aliphatic heterocycles. The number of ether oxygens (including phenoxy) is 2. The molecule has 0 aliphatic carbocycles. The van der Waals surface area contributed by atoms with Gasteiger partial charge in [-0.2, -0.15) is 5.10 Å². The fraction of sp³-hybridized carbons (Fsp3) is 0.0800. The summed E-state index contributed by atoms with van der Waals surface area (Å²) in [6.45, 7) is 1.95. The van der Waals surface area contributed by atoms with Crippen LogP contribution in [0.25, 0.3) is 10.1 Å². The highest BCUT2D eigenvalue weighted by Gasteiger charge is 2.19. The van der Waals surface area contributed by atoms with Gasteiger partial charge >= 0.3 is 5.97 Å². The number of thiophene rings is 1. The van der Waals surface area contributed by atoms with E-state index in [9.17, 15) is 9.59 Å². The second-order valence-electron chi connectivity index (χ2n) is 7.13. The highest BCUT2D eigenvalue weighted by atomic mass is 35.5. The van der Waals surface area contributed by atoms with Crippen molar-refractivity contribution in [2.45, 2.75) is 6.92 Å². The number of nitrogens with zero attached hydrogens (tertiary/aromatic N) is 1. The number of hydrogen-bond acceptors (Lipinski definition) is 6. The first-order valence-electron chi connectivity index (χ1n) is 9.93. The van der Waals surface area contributed by atoms with Gasteiger partial charge in [-0.3, -0.25) is 4.79 Å². The fourth-order valence-electron chi connectivity index (χ4n) is 3.01. The third-order valence-electron chi connectivity index (χ3n) is 4.81. The van der Waals surface area contributed by atoms with Crippen molar-refractivity contribution >= 4 is 51.1 Å². The first kappa shape index (κ1) is 22.5. The summed E-state index contributed by atoms with van der Waals surface area (Å²) in [5.41, 5.74) is 4.81. The molecule has 0 radical (unpaired) electrons. The van der Waals surface area contributed by atoms with Crippen molar-refractivity contribution in [2.75, 3.05) is 7.11 Å². The first-order valence-corrected chi connectivity index (χ1v) is 11.1. The smallest absolute Gasteiger partial charge is 0.355 e. The molecular weight excluding hydrogens is 460 g/mol.